The van der Waals surface area contributed by atoms with E-state index in [1.54, 1.807) is 12.1 Å². The molecule has 0 aliphatic carbocycles. The third-order valence-electron chi connectivity index (χ3n) is 3.96. The third-order valence-corrected chi connectivity index (χ3v) is 4.31. The van der Waals surface area contributed by atoms with Crippen molar-refractivity contribution in [3.63, 3.8) is 0 Å². The van der Waals surface area contributed by atoms with Crippen LogP contribution >= 0.6 is 12.2 Å². The van der Waals surface area contributed by atoms with Crippen molar-refractivity contribution in [3.8, 4) is 6.07 Å². The van der Waals surface area contributed by atoms with Gasteiger partial charge in [-0.3, -0.25) is 10.1 Å². The molecule has 0 fully saturated rings. The normalized spacial score (nSPS) is 19.8. The summed E-state index contributed by atoms with van der Waals surface area (Å²) in [6.07, 6.45) is 1.96. The number of thiocarbonyl (C=S) groups is 1. The Balaban J connectivity index is 2.03. The Hall–Kier alpha value is -3.04. The minimum absolute atomic E-state index is 0.0241. The summed E-state index contributed by atoms with van der Waals surface area (Å²) in [5.41, 5.74) is 2.67. The molecule has 6 heteroatoms. The Morgan fingerprint density at radius 3 is 2.38 bits per heavy atom. The van der Waals surface area contributed by atoms with Gasteiger partial charge in [0, 0.05) is 23.7 Å². The number of nitrogens with zero attached hydrogens (tertiary/aromatic N) is 2. The first kappa shape index (κ1) is 15.8. The van der Waals surface area contributed by atoms with Crippen LogP contribution < -0.4 is 5.32 Å². The monoisotopic (exact) mass is 335 g/mol. The van der Waals surface area contributed by atoms with Crippen molar-refractivity contribution >= 4 is 28.6 Å². The highest BCUT2D eigenvalue weighted by atomic mass is 32.1. The van der Waals surface area contributed by atoms with Crippen LogP contribution in [0.1, 0.15) is 17.0 Å². The van der Waals surface area contributed by atoms with Gasteiger partial charge in [-0.15, -0.1) is 0 Å². The van der Waals surface area contributed by atoms with E-state index in [-0.39, 0.29) is 11.6 Å². The predicted molar refractivity (Wildman–Crippen MR) is 95.1 cm³/mol. The number of nitriles is 1. The predicted octanol–water partition coefficient (Wildman–Crippen LogP) is 3.79. The SMILES string of the molecule is N#CC1C(=S)NC(c2ccccc2)=CC1c1ccc([N+](=O)[O-])cc1. The molecule has 0 aromatic heterocycles. The van der Waals surface area contributed by atoms with Crippen LogP contribution in [-0.2, 0) is 0 Å². The molecule has 1 aliphatic rings. The van der Waals surface area contributed by atoms with E-state index >= 15 is 0 Å². The van der Waals surface area contributed by atoms with Gasteiger partial charge in [0.1, 0.15) is 5.92 Å². The van der Waals surface area contributed by atoms with Gasteiger partial charge in [-0.1, -0.05) is 60.8 Å². The van der Waals surface area contributed by atoms with Crippen molar-refractivity contribution in [1.29, 1.82) is 5.26 Å². The van der Waals surface area contributed by atoms with Crippen LogP contribution in [0.15, 0.2) is 60.7 Å². The van der Waals surface area contributed by atoms with E-state index in [9.17, 15) is 15.4 Å². The molecule has 2 unspecified atom stereocenters. The van der Waals surface area contributed by atoms with Crippen molar-refractivity contribution in [1.82, 2.24) is 5.32 Å². The zero-order valence-corrected chi connectivity index (χ0v) is 13.4. The van der Waals surface area contributed by atoms with E-state index in [1.165, 1.54) is 12.1 Å². The molecular formula is C18H13N3O2S. The second-order valence-corrected chi connectivity index (χ2v) is 5.86. The third kappa shape index (κ3) is 3.03. The van der Waals surface area contributed by atoms with Crippen LogP contribution in [-0.4, -0.2) is 9.91 Å². The molecule has 1 N–H and O–H groups in total. The Labute approximate surface area is 144 Å². The molecule has 0 bridgehead atoms. The molecule has 24 heavy (non-hydrogen) atoms. The Kier molecular flexibility index (Phi) is 4.36. The van der Waals surface area contributed by atoms with Crippen LogP contribution in [0.3, 0.4) is 0 Å². The quantitative estimate of drug-likeness (QED) is 0.524. The molecule has 0 saturated carbocycles. The second-order valence-electron chi connectivity index (χ2n) is 5.42. The first-order valence-electron chi connectivity index (χ1n) is 7.32. The van der Waals surface area contributed by atoms with Crippen molar-refractivity contribution < 1.29 is 4.92 Å². The lowest BCUT2D eigenvalue weighted by Crippen LogP contribution is -2.35. The molecule has 118 valence electrons. The average Bonchev–Trinajstić information content (AvgIpc) is 2.62. The first-order valence-corrected chi connectivity index (χ1v) is 7.73. The minimum Gasteiger partial charge on any atom is -0.349 e. The van der Waals surface area contributed by atoms with Crippen LogP contribution in [0.5, 0.6) is 0 Å². The summed E-state index contributed by atoms with van der Waals surface area (Å²) < 4.78 is 0. The number of benzene rings is 2. The van der Waals surface area contributed by atoms with Crippen LogP contribution in [0.2, 0.25) is 0 Å². The molecule has 0 radical (unpaired) electrons. The molecule has 2 aromatic carbocycles. The van der Waals surface area contributed by atoms with Crippen molar-refractivity contribution in [3.05, 3.63) is 81.9 Å². The van der Waals surface area contributed by atoms with Gasteiger partial charge in [-0.05, 0) is 11.1 Å². The summed E-state index contributed by atoms with van der Waals surface area (Å²) in [7, 11) is 0. The van der Waals surface area contributed by atoms with Gasteiger partial charge in [-0.25, -0.2) is 0 Å². The zero-order chi connectivity index (χ0) is 17.1. The van der Waals surface area contributed by atoms with Crippen LogP contribution in [0.4, 0.5) is 5.69 Å². The van der Waals surface area contributed by atoms with Gasteiger partial charge in [0.15, 0.2) is 0 Å². The van der Waals surface area contributed by atoms with Crippen LogP contribution in [0.25, 0.3) is 5.70 Å². The number of rotatable bonds is 3. The van der Waals surface area contributed by atoms with Gasteiger partial charge in [0.2, 0.25) is 0 Å². The lowest BCUT2D eigenvalue weighted by Gasteiger charge is -2.28. The van der Waals surface area contributed by atoms with Crippen molar-refractivity contribution in [2.75, 3.05) is 0 Å². The summed E-state index contributed by atoms with van der Waals surface area (Å²) in [5.74, 6) is -0.756. The molecule has 2 atom stereocenters. The molecule has 0 spiro atoms. The van der Waals surface area contributed by atoms with Crippen LogP contribution in [0, 0.1) is 27.4 Å². The smallest absolute Gasteiger partial charge is 0.269 e. The summed E-state index contributed by atoms with van der Waals surface area (Å²) in [6.45, 7) is 0. The maximum atomic E-state index is 10.8. The minimum atomic E-state index is -0.506. The van der Waals surface area contributed by atoms with Gasteiger partial charge >= 0.3 is 0 Å². The van der Waals surface area contributed by atoms with Crippen molar-refractivity contribution in [2.45, 2.75) is 5.92 Å². The average molecular weight is 335 g/mol. The fourth-order valence-corrected chi connectivity index (χ4v) is 3.03. The molecule has 1 aliphatic heterocycles. The van der Waals surface area contributed by atoms with E-state index in [0.29, 0.717) is 4.99 Å². The lowest BCUT2D eigenvalue weighted by atomic mass is 9.83. The highest BCUT2D eigenvalue weighted by Gasteiger charge is 2.30. The molecular weight excluding hydrogens is 322 g/mol. The number of nitrogens with one attached hydrogen (secondary N) is 1. The van der Waals surface area contributed by atoms with Gasteiger partial charge in [0.05, 0.1) is 16.0 Å². The second kappa shape index (κ2) is 6.60. The Morgan fingerprint density at radius 2 is 1.79 bits per heavy atom. The highest BCUT2D eigenvalue weighted by Crippen LogP contribution is 2.34. The number of allylic oxidation sites excluding steroid dienone is 1. The molecule has 1 heterocycles. The number of nitro benzene ring substituents is 1. The molecule has 0 saturated heterocycles. The van der Waals surface area contributed by atoms with Crippen molar-refractivity contribution in [2.24, 2.45) is 5.92 Å². The van der Waals surface area contributed by atoms with Gasteiger partial charge in [0.25, 0.3) is 5.69 Å². The fourth-order valence-electron chi connectivity index (χ4n) is 2.72. The van der Waals surface area contributed by atoms with E-state index in [0.717, 1.165) is 16.8 Å². The van der Waals surface area contributed by atoms with E-state index in [2.05, 4.69) is 11.4 Å². The first-order chi connectivity index (χ1) is 11.6. The summed E-state index contributed by atoms with van der Waals surface area (Å²) in [5, 5.41) is 23.4. The maximum Gasteiger partial charge on any atom is 0.269 e. The van der Waals surface area contributed by atoms with E-state index in [1.807, 2.05) is 36.4 Å². The highest BCUT2D eigenvalue weighted by molar-refractivity contribution is 7.80. The number of hydrogen-bond donors (Lipinski definition) is 1. The van der Waals surface area contributed by atoms with Gasteiger partial charge in [-0.2, -0.15) is 5.26 Å². The molecule has 5 nitrogen and oxygen atoms in total. The topological polar surface area (TPSA) is 79.0 Å². The fraction of sp³-hybridized carbons (Fsp3) is 0.111. The number of hydrogen-bond acceptors (Lipinski definition) is 4. The number of nitro groups is 1. The molecule has 0 amide bonds. The maximum absolute atomic E-state index is 10.8. The van der Waals surface area contributed by atoms with E-state index in [4.69, 9.17) is 12.2 Å². The zero-order valence-electron chi connectivity index (χ0n) is 12.5. The molecule has 2 aromatic rings. The largest absolute Gasteiger partial charge is 0.349 e. The Morgan fingerprint density at radius 1 is 1.12 bits per heavy atom. The summed E-state index contributed by atoms with van der Waals surface area (Å²) >= 11 is 5.37. The lowest BCUT2D eigenvalue weighted by molar-refractivity contribution is -0.384. The van der Waals surface area contributed by atoms with E-state index < -0.39 is 10.8 Å². The summed E-state index contributed by atoms with van der Waals surface area (Å²) in [4.78, 5) is 10.8. The number of non-ortho nitro benzene ring substituents is 1. The van der Waals surface area contributed by atoms with Gasteiger partial charge < -0.3 is 5.32 Å². The molecule has 3 rings (SSSR count). The standard InChI is InChI=1S/C18H13N3O2S/c19-11-16-15(12-6-8-14(9-7-12)21(22)23)10-17(20-18(16)24)13-4-2-1-3-5-13/h1-10,15-16H,(H,20,24). The Bertz CT molecular complexity index is 854. The summed E-state index contributed by atoms with van der Waals surface area (Å²) in [6, 6.07) is 18.2.